The molecule has 0 fully saturated rings. The predicted octanol–water partition coefficient (Wildman–Crippen LogP) is 0.874. The van der Waals surface area contributed by atoms with E-state index in [1.165, 1.54) is 13.0 Å². The summed E-state index contributed by atoms with van der Waals surface area (Å²) in [5, 5.41) is 19.2. The van der Waals surface area contributed by atoms with Crippen LogP contribution in [0.25, 0.3) is 0 Å². The van der Waals surface area contributed by atoms with Crippen LogP contribution in [-0.2, 0) is 0 Å². The molecule has 0 aliphatic rings. The van der Waals surface area contributed by atoms with E-state index in [2.05, 4.69) is 0 Å². The third-order valence-electron chi connectivity index (χ3n) is 1.92. The first-order chi connectivity index (χ1) is 6.97. The maximum Gasteiger partial charge on any atom is 0.273 e. The molecule has 76 valence electrons. The molecule has 0 radical (unpaired) electrons. The van der Waals surface area contributed by atoms with Crippen LogP contribution in [0.4, 0.5) is 5.69 Å². The Kier molecular flexibility index (Phi) is 2.67. The fraction of sp³-hybridized carbons (Fsp3) is 0.111. The first kappa shape index (κ1) is 10.7. The highest BCUT2D eigenvalue weighted by molar-refractivity contribution is 5.96. The Bertz CT molecular complexity index is 488. The van der Waals surface area contributed by atoms with Crippen molar-refractivity contribution in [2.24, 2.45) is 5.73 Å². The summed E-state index contributed by atoms with van der Waals surface area (Å²) in [5.74, 6) is -0.774. The van der Waals surface area contributed by atoms with Crippen molar-refractivity contribution >= 4 is 11.6 Å². The Hall–Kier alpha value is -2.42. The number of nitrogens with zero attached hydrogens (tertiary/aromatic N) is 2. The van der Waals surface area contributed by atoms with Gasteiger partial charge in [0.1, 0.15) is 6.07 Å². The second kappa shape index (κ2) is 3.75. The lowest BCUT2D eigenvalue weighted by Crippen LogP contribution is -2.13. The normalized spacial score (nSPS) is 9.33. The zero-order valence-electron chi connectivity index (χ0n) is 7.85. The second-order valence-electron chi connectivity index (χ2n) is 2.92. The molecule has 1 aromatic carbocycles. The number of amides is 1. The molecule has 0 atom stereocenters. The van der Waals surface area contributed by atoms with Gasteiger partial charge in [-0.05, 0) is 13.0 Å². The summed E-state index contributed by atoms with van der Waals surface area (Å²) in [6.45, 7) is 1.48. The van der Waals surface area contributed by atoms with Crippen LogP contribution in [0, 0.1) is 28.4 Å². The lowest BCUT2D eigenvalue weighted by molar-refractivity contribution is -0.385. The van der Waals surface area contributed by atoms with Crippen LogP contribution < -0.4 is 5.73 Å². The lowest BCUT2D eigenvalue weighted by Gasteiger charge is -2.02. The Morgan fingerprint density at radius 1 is 1.60 bits per heavy atom. The van der Waals surface area contributed by atoms with E-state index in [-0.39, 0.29) is 16.8 Å². The van der Waals surface area contributed by atoms with Crippen molar-refractivity contribution in [3.63, 3.8) is 0 Å². The van der Waals surface area contributed by atoms with Crippen molar-refractivity contribution in [1.29, 1.82) is 5.26 Å². The number of nitro benzene ring substituents is 1. The zero-order valence-corrected chi connectivity index (χ0v) is 7.85. The highest BCUT2D eigenvalue weighted by atomic mass is 16.6. The molecule has 6 nitrogen and oxygen atoms in total. The number of benzene rings is 1. The third kappa shape index (κ3) is 1.91. The van der Waals surface area contributed by atoms with Gasteiger partial charge in [-0.15, -0.1) is 0 Å². The minimum Gasteiger partial charge on any atom is -0.366 e. The molecule has 0 aliphatic carbocycles. The van der Waals surface area contributed by atoms with Gasteiger partial charge in [-0.1, -0.05) is 0 Å². The van der Waals surface area contributed by atoms with Gasteiger partial charge in [-0.2, -0.15) is 5.26 Å². The molecule has 0 unspecified atom stereocenters. The Morgan fingerprint density at radius 3 is 2.60 bits per heavy atom. The smallest absolute Gasteiger partial charge is 0.273 e. The van der Waals surface area contributed by atoms with Crippen molar-refractivity contribution in [3.8, 4) is 6.07 Å². The van der Waals surface area contributed by atoms with Crippen molar-refractivity contribution < 1.29 is 9.72 Å². The van der Waals surface area contributed by atoms with Crippen LogP contribution in [0.1, 0.15) is 21.5 Å². The van der Waals surface area contributed by atoms with E-state index in [0.29, 0.717) is 5.56 Å². The van der Waals surface area contributed by atoms with E-state index in [0.717, 1.165) is 6.07 Å². The number of hydrogen-bond donors (Lipinski definition) is 1. The molecule has 0 aromatic heterocycles. The van der Waals surface area contributed by atoms with Crippen molar-refractivity contribution in [1.82, 2.24) is 0 Å². The SMILES string of the molecule is Cc1cc(C(N)=O)c(C#N)cc1[N+](=O)[O-]. The number of hydrogen-bond acceptors (Lipinski definition) is 4. The number of nitro groups is 1. The van der Waals surface area contributed by atoms with E-state index < -0.39 is 10.8 Å². The number of carbonyl (C=O) groups excluding carboxylic acids is 1. The summed E-state index contributed by atoms with van der Waals surface area (Å²) in [4.78, 5) is 20.9. The van der Waals surface area contributed by atoms with E-state index in [1.54, 1.807) is 6.07 Å². The highest BCUT2D eigenvalue weighted by Crippen LogP contribution is 2.22. The largest absolute Gasteiger partial charge is 0.366 e. The number of nitriles is 1. The van der Waals surface area contributed by atoms with Gasteiger partial charge >= 0.3 is 0 Å². The van der Waals surface area contributed by atoms with Gasteiger partial charge in [-0.25, -0.2) is 0 Å². The number of aryl methyl sites for hydroxylation is 1. The Morgan fingerprint density at radius 2 is 2.20 bits per heavy atom. The molecule has 15 heavy (non-hydrogen) atoms. The number of primary amides is 1. The van der Waals surface area contributed by atoms with Crippen LogP contribution in [-0.4, -0.2) is 10.8 Å². The monoisotopic (exact) mass is 205 g/mol. The molecular formula is C9H7N3O3. The van der Waals surface area contributed by atoms with Crippen LogP contribution in [0.2, 0.25) is 0 Å². The number of rotatable bonds is 2. The minimum absolute atomic E-state index is 0.000556. The highest BCUT2D eigenvalue weighted by Gasteiger charge is 2.17. The van der Waals surface area contributed by atoms with Gasteiger partial charge in [0.15, 0.2) is 0 Å². The van der Waals surface area contributed by atoms with E-state index in [9.17, 15) is 14.9 Å². The predicted molar refractivity (Wildman–Crippen MR) is 51.1 cm³/mol. The summed E-state index contributed by atoms with van der Waals surface area (Å²) in [7, 11) is 0. The van der Waals surface area contributed by atoms with Gasteiger partial charge < -0.3 is 5.73 Å². The molecule has 1 rings (SSSR count). The third-order valence-corrected chi connectivity index (χ3v) is 1.92. The quantitative estimate of drug-likeness (QED) is 0.570. The van der Waals surface area contributed by atoms with Crippen LogP contribution in [0.5, 0.6) is 0 Å². The van der Waals surface area contributed by atoms with Crippen molar-refractivity contribution in [2.75, 3.05) is 0 Å². The average Bonchev–Trinajstić information content (AvgIpc) is 2.16. The molecule has 0 spiro atoms. The van der Waals surface area contributed by atoms with Crippen molar-refractivity contribution in [2.45, 2.75) is 6.92 Å². The molecule has 0 saturated carbocycles. The molecule has 1 amide bonds. The lowest BCUT2D eigenvalue weighted by atomic mass is 10.0. The fourth-order valence-electron chi connectivity index (χ4n) is 1.19. The summed E-state index contributed by atoms with van der Waals surface area (Å²) < 4.78 is 0. The first-order valence-corrected chi connectivity index (χ1v) is 3.96. The fourth-order valence-corrected chi connectivity index (χ4v) is 1.19. The zero-order chi connectivity index (χ0) is 11.6. The number of carbonyl (C=O) groups is 1. The van der Waals surface area contributed by atoms with Crippen LogP contribution in [0.15, 0.2) is 12.1 Å². The van der Waals surface area contributed by atoms with Crippen molar-refractivity contribution in [3.05, 3.63) is 38.9 Å². The van der Waals surface area contributed by atoms with Gasteiger partial charge in [0.25, 0.3) is 5.69 Å². The van der Waals surface area contributed by atoms with Gasteiger partial charge in [-0.3, -0.25) is 14.9 Å². The molecule has 0 heterocycles. The standard InChI is InChI=1S/C9H7N3O3/c1-5-2-7(9(11)13)6(4-10)3-8(5)12(14)15/h2-3H,1H3,(H2,11,13). The van der Waals surface area contributed by atoms with E-state index in [1.807, 2.05) is 0 Å². The summed E-state index contributed by atoms with van der Waals surface area (Å²) in [6, 6.07) is 3.99. The molecule has 1 aromatic rings. The Balaban J connectivity index is 3.51. The summed E-state index contributed by atoms with van der Waals surface area (Å²) in [6.07, 6.45) is 0. The van der Waals surface area contributed by atoms with Crippen LogP contribution >= 0.6 is 0 Å². The average molecular weight is 205 g/mol. The van der Waals surface area contributed by atoms with E-state index >= 15 is 0 Å². The van der Waals surface area contributed by atoms with Gasteiger partial charge in [0.05, 0.1) is 16.1 Å². The van der Waals surface area contributed by atoms with Gasteiger partial charge in [0.2, 0.25) is 5.91 Å². The second-order valence-corrected chi connectivity index (χ2v) is 2.92. The molecular weight excluding hydrogens is 198 g/mol. The summed E-state index contributed by atoms with van der Waals surface area (Å²) >= 11 is 0. The van der Waals surface area contributed by atoms with Crippen LogP contribution in [0.3, 0.4) is 0 Å². The Labute approximate surface area is 85.1 Å². The molecule has 6 heteroatoms. The van der Waals surface area contributed by atoms with Gasteiger partial charge in [0, 0.05) is 11.6 Å². The number of nitrogens with two attached hydrogens (primary N) is 1. The van der Waals surface area contributed by atoms with E-state index in [4.69, 9.17) is 11.0 Å². The topological polar surface area (TPSA) is 110 Å². The minimum atomic E-state index is -0.774. The summed E-state index contributed by atoms with van der Waals surface area (Å²) in [5.41, 5.74) is 5.04. The molecule has 2 N–H and O–H groups in total. The maximum absolute atomic E-state index is 10.9. The molecule has 0 aliphatic heterocycles. The maximum atomic E-state index is 10.9. The first-order valence-electron chi connectivity index (χ1n) is 3.96. The molecule has 0 saturated heterocycles. The molecule has 0 bridgehead atoms.